The normalized spacial score (nSPS) is 22.6. The predicted molar refractivity (Wildman–Crippen MR) is 130 cm³/mol. The minimum atomic E-state index is -4.13. The fourth-order valence-electron chi connectivity index (χ4n) is 5.23. The lowest BCUT2D eigenvalue weighted by Gasteiger charge is -2.11. The molecule has 0 saturated heterocycles. The van der Waals surface area contributed by atoms with Gasteiger partial charge in [0.1, 0.15) is 22.5 Å². The highest BCUT2D eigenvalue weighted by Gasteiger charge is 2.33. The van der Waals surface area contributed by atoms with Crippen LogP contribution in [0.3, 0.4) is 0 Å². The Bertz CT molecular complexity index is 1570. The Balaban J connectivity index is 1.42. The molecule has 4 aromatic rings. The molecule has 0 amide bonds. The van der Waals surface area contributed by atoms with E-state index < -0.39 is 16.2 Å². The van der Waals surface area contributed by atoms with Crippen LogP contribution < -0.4 is 4.74 Å². The largest absolute Gasteiger partial charge is 0.483 e. The fraction of sp³-hybridized carbons (Fsp3) is 0.222. The van der Waals surface area contributed by atoms with Gasteiger partial charge in [-0.05, 0) is 52.8 Å². The standard InChI is InChI=1S/C27H23NO4S/c1-15-16(2)20-13-14-24(22-10-6-9-19(15)25(20)22)33(29,30)32-28-26-17(3)31-27-21-8-5-4-7-18(21)11-12-23(26)27/h4-17H,1-3H3. The van der Waals surface area contributed by atoms with Crippen molar-refractivity contribution in [1.82, 2.24) is 0 Å². The van der Waals surface area contributed by atoms with Crippen molar-refractivity contribution in [3.8, 4) is 5.75 Å². The van der Waals surface area contributed by atoms with E-state index >= 15 is 0 Å². The van der Waals surface area contributed by atoms with Crippen LogP contribution >= 0.6 is 0 Å². The first-order chi connectivity index (χ1) is 15.9. The molecule has 0 spiro atoms. The molecule has 1 aliphatic carbocycles. The molecule has 1 heterocycles. The predicted octanol–water partition coefficient (Wildman–Crippen LogP) is 6.10. The Kier molecular flexibility index (Phi) is 4.33. The topological polar surface area (TPSA) is 65.0 Å². The first-order valence-electron chi connectivity index (χ1n) is 11.1. The Hall–Kier alpha value is -3.38. The molecule has 6 rings (SSSR count). The highest BCUT2D eigenvalue weighted by atomic mass is 32.2. The number of nitrogens with zero attached hydrogens (tertiary/aromatic N) is 1. The van der Waals surface area contributed by atoms with Gasteiger partial charge in [-0.25, -0.2) is 0 Å². The second-order valence-corrected chi connectivity index (χ2v) is 10.4. The molecule has 5 nitrogen and oxygen atoms in total. The van der Waals surface area contributed by atoms with Crippen LogP contribution in [-0.2, 0) is 14.4 Å². The zero-order valence-corrected chi connectivity index (χ0v) is 19.4. The quantitative estimate of drug-likeness (QED) is 0.349. The minimum absolute atomic E-state index is 0.138. The van der Waals surface area contributed by atoms with Crippen LogP contribution in [0.2, 0.25) is 0 Å². The van der Waals surface area contributed by atoms with Gasteiger partial charge in [0, 0.05) is 16.3 Å². The number of ether oxygens (including phenoxy) is 1. The van der Waals surface area contributed by atoms with Gasteiger partial charge in [0.2, 0.25) is 0 Å². The molecule has 3 unspecified atom stereocenters. The number of rotatable bonds is 3. The third kappa shape index (κ3) is 2.90. The van der Waals surface area contributed by atoms with Gasteiger partial charge in [-0.3, -0.25) is 4.28 Å². The van der Waals surface area contributed by atoms with E-state index in [1.807, 2.05) is 61.5 Å². The molecule has 3 atom stereocenters. The van der Waals surface area contributed by atoms with E-state index in [0.717, 1.165) is 21.7 Å². The Morgan fingerprint density at radius 2 is 1.55 bits per heavy atom. The first-order valence-corrected chi connectivity index (χ1v) is 12.5. The zero-order chi connectivity index (χ0) is 22.9. The van der Waals surface area contributed by atoms with Crippen LogP contribution in [0.25, 0.3) is 21.5 Å². The molecular weight excluding hydrogens is 434 g/mol. The fourth-order valence-corrected chi connectivity index (χ4v) is 6.16. The van der Waals surface area contributed by atoms with Crippen LogP contribution in [0.15, 0.2) is 76.8 Å². The summed E-state index contributed by atoms with van der Waals surface area (Å²) in [5.41, 5.74) is 3.57. The van der Waals surface area contributed by atoms with E-state index in [-0.39, 0.29) is 4.90 Å². The molecule has 33 heavy (non-hydrogen) atoms. The molecular formula is C27H23NO4S. The number of fused-ring (bicyclic) bond motifs is 3. The molecule has 0 N–H and O–H groups in total. The van der Waals surface area contributed by atoms with Crippen molar-refractivity contribution in [3.63, 3.8) is 0 Å². The summed E-state index contributed by atoms with van der Waals surface area (Å²) in [6, 6.07) is 21.2. The van der Waals surface area contributed by atoms with Crippen molar-refractivity contribution in [2.45, 2.75) is 43.6 Å². The van der Waals surface area contributed by atoms with Crippen LogP contribution in [0.4, 0.5) is 0 Å². The van der Waals surface area contributed by atoms with Gasteiger partial charge in [-0.15, -0.1) is 0 Å². The van der Waals surface area contributed by atoms with Gasteiger partial charge in [0.05, 0.1) is 0 Å². The summed E-state index contributed by atoms with van der Waals surface area (Å²) < 4.78 is 37.9. The molecule has 0 saturated carbocycles. The lowest BCUT2D eigenvalue weighted by molar-refractivity contribution is 0.294. The molecule has 6 heteroatoms. The van der Waals surface area contributed by atoms with E-state index in [9.17, 15) is 8.42 Å². The Morgan fingerprint density at radius 1 is 0.818 bits per heavy atom. The second kappa shape index (κ2) is 7.06. The number of hydrogen-bond donors (Lipinski definition) is 0. The van der Waals surface area contributed by atoms with Crippen LogP contribution in [0.5, 0.6) is 5.75 Å². The van der Waals surface area contributed by atoms with E-state index in [4.69, 9.17) is 9.02 Å². The van der Waals surface area contributed by atoms with Crippen molar-refractivity contribution in [2.24, 2.45) is 5.16 Å². The van der Waals surface area contributed by atoms with Crippen molar-refractivity contribution >= 4 is 37.4 Å². The van der Waals surface area contributed by atoms with Gasteiger partial charge < -0.3 is 4.74 Å². The lowest BCUT2D eigenvalue weighted by atomic mass is 9.94. The molecule has 0 aromatic heterocycles. The molecule has 0 fully saturated rings. The molecule has 1 aliphatic heterocycles. The SMILES string of the molecule is CC1Oc2c(ccc3ccccc23)C1=NOS(=O)(=O)c1ccc2c3c(cccc13)C(C)C2C. The second-order valence-electron chi connectivity index (χ2n) is 8.93. The molecule has 166 valence electrons. The number of hydrogen-bond acceptors (Lipinski definition) is 5. The van der Waals surface area contributed by atoms with Crippen molar-refractivity contribution in [1.29, 1.82) is 0 Å². The molecule has 0 radical (unpaired) electrons. The maximum atomic E-state index is 13.3. The lowest BCUT2D eigenvalue weighted by Crippen LogP contribution is -2.18. The average Bonchev–Trinajstić information content (AvgIpc) is 3.28. The Labute approximate surface area is 192 Å². The molecule has 4 aromatic carbocycles. The maximum Gasteiger partial charge on any atom is 0.359 e. The van der Waals surface area contributed by atoms with Gasteiger partial charge in [-0.1, -0.05) is 73.6 Å². The van der Waals surface area contributed by atoms with E-state index in [2.05, 4.69) is 25.1 Å². The van der Waals surface area contributed by atoms with Crippen LogP contribution in [-0.4, -0.2) is 20.2 Å². The smallest absolute Gasteiger partial charge is 0.359 e. The monoisotopic (exact) mass is 457 g/mol. The number of benzene rings is 4. The number of oxime groups is 1. The van der Waals surface area contributed by atoms with Gasteiger partial charge in [0.25, 0.3) is 0 Å². The third-order valence-electron chi connectivity index (χ3n) is 7.13. The Morgan fingerprint density at radius 3 is 2.36 bits per heavy atom. The van der Waals surface area contributed by atoms with Crippen molar-refractivity contribution in [2.75, 3.05) is 0 Å². The van der Waals surface area contributed by atoms with Crippen molar-refractivity contribution < 1.29 is 17.4 Å². The third-order valence-corrected chi connectivity index (χ3v) is 8.30. The van der Waals surface area contributed by atoms with Crippen LogP contribution in [0, 0.1) is 0 Å². The van der Waals surface area contributed by atoms with Crippen molar-refractivity contribution in [3.05, 3.63) is 83.4 Å². The average molecular weight is 458 g/mol. The van der Waals surface area contributed by atoms with Gasteiger partial charge in [-0.2, -0.15) is 8.42 Å². The van der Waals surface area contributed by atoms with E-state index in [1.165, 1.54) is 11.1 Å². The van der Waals surface area contributed by atoms with Gasteiger partial charge in [0.15, 0.2) is 0 Å². The molecule has 0 bridgehead atoms. The summed E-state index contributed by atoms with van der Waals surface area (Å²) in [5, 5.41) is 7.82. The summed E-state index contributed by atoms with van der Waals surface area (Å²) in [5.74, 6) is 1.38. The first kappa shape index (κ1) is 20.2. The summed E-state index contributed by atoms with van der Waals surface area (Å²) in [7, 11) is -4.13. The highest BCUT2D eigenvalue weighted by molar-refractivity contribution is 7.87. The van der Waals surface area contributed by atoms with Crippen LogP contribution in [0.1, 0.15) is 49.3 Å². The summed E-state index contributed by atoms with van der Waals surface area (Å²) in [6.45, 7) is 6.20. The van der Waals surface area contributed by atoms with E-state index in [1.54, 1.807) is 6.07 Å². The van der Waals surface area contributed by atoms with Gasteiger partial charge >= 0.3 is 10.1 Å². The molecule has 2 aliphatic rings. The summed E-state index contributed by atoms with van der Waals surface area (Å²) in [4.78, 5) is 0.138. The maximum absolute atomic E-state index is 13.3. The highest BCUT2D eigenvalue weighted by Crippen LogP contribution is 2.47. The summed E-state index contributed by atoms with van der Waals surface area (Å²) in [6.07, 6.45) is -0.421. The minimum Gasteiger partial charge on any atom is -0.483 e. The zero-order valence-electron chi connectivity index (χ0n) is 18.6. The summed E-state index contributed by atoms with van der Waals surface area (Å²) >= 11 is 0. The van der Waals surface area contributed by atoms with E-state index in [0.29, 0.717) is 28.7 Å².